The number of aromatic nitrogens is 1. The average Bonchev–Trinajstić information content (AvgIpc) is 3.28. The molecule has 1 amide bonds. The molecule has 0 spiro atoms. The molecule has 5 rings (SSSR count). The third kappa shape index (κ3) is 8.62. The van der Waals surface area contributed by atoms with E-state index in [0.717, 1.165) is 37.6 Å². The van der Waals surface area contributed by atoms with Crippen LogP contribution in [0.1, 0.15) is 62.2 Å². The predicted molar refractivity (Wildman–Crippen MR) is 200 cm³/mol. The first kappa shape index (κ1) is 35.5. The fourth-order valence-corrected chi connectivity index (χ4v) is 6.50. The van der Waals surface area contributed by atoms with Gasteiger partial charge in [0, 0.05) is 64.4 Å². The Labute approximate surface area is 289 Å². The van der Waals surface area contributed by atoms with E-state index < -0.39 is 5.82 Å². The molecule has 8 heteroatoms. The van der Waals surface area contributed by atoms with Crippen molar-refractivity contribution in [2.75, 3.05) is 30.3 Å². The number of aryl methyl sites for hydroxylation is 1. The molecule has 1 heterocycles. The first-order valence-corrected chi connectivity index (χ1v) is 17.3. The van der Waals surface area contributed by atoms with Crippen LogP contribution in [0.5, 0.6) is 11.5 Å². The standard InChI is InChI=1S/C41H49FN4O3/c1-7-19-45(20-18-26(2)3)24-27(4)25-46-29(6)28(5)36-21-34(16-17-37(36)46)43-33-14-10-31(11-15-33)41(49)44-35-22-38(47)40(39(48)23-35)30-8-12-32(42)13-9-30/h8-17,21-23,26-27,43,47-48H,7,18-20,24-25H2,1-6H3,(H,44,49). The predicted octanol–water partition coefficient (Wildman–Crippen LogP) is 9.87. The molecule has 0 saturated carbocycles. The van der Waals surface area contributed by atoms with Gasteiger partial charge < -0.3 is 30.3 Å². The molecule has 0 fully saturated rings. The van der Waals surface area contributed by atoms with Gasteiger partial charge in [0.25, 0.3) is 5.91 Å². The van der Waals surface area contributed by atoms with Crippen molar-refractivity contribution in [1.82, 2.24) is 9.47 Å². The topological polar surface area (TPSA) is 89.8 Å². The zero-order valence-electron chi connectivity index (χ0n) is 29.5. The van der Waals surface area contributed by atoms with Gasteiger partial charge in [0.2, 0.25) is 0 Å². The molecule has 0 bridgehead atoms. The van der Waals surface area contributed by atoms with Gasteiger partial charge in [-0.15, -0.1) is 0 Å². The lowest BCUT2D eigenvalue weighted by Crippen LogP contribution is -2.32. The van der Waals surface area contributed by atoms with Crippen LogP contribution in [0.2, 0.25) is 0 Å². The van der Waals surface area contributed by atoms with Crippen molar-refractivity contribution in [3.63, 3.8) is 0 Å². The Morgan fingerprint density at radius 2 is 1.51 bits per heavy atom. The number of fused-ring (bicyclic) bond motifs is 1. The molecule has 49 heavy (non-hydrogen) atoms. The number of carbonyl (C=O) groups excluding carboxylic acids is 1. The van der Waals surface area contributed by atoms with Crippen LogP contribution >= 0.6 is 0 Å². The number of anilines is 3. The summed E-state index contributed by atoms with van der Waals surface area (Å²) in [6.07, 6.45) is 2.41. The van der Waals surface area contributed by atoms with E-state index in [1.807, 2.05) is 12.1 Å². The molecule has 4 aromatic carbocycles. The third-order valence-corrected chi connectivity index (χ3v) is 9.19. The van der Waals surface area contributed by atoms with Gasteiger partial charge in [0.15, 0.2) is 0 Å². The molecule has 0 aliphatic rings. The summed E-state index contributed by atoms with van der Waals surface area (Å²) < 4.78 is 15.8. The van der Waals surface area contributed by atoms with Crippen molar-refractivity contribution in [3.05, 3.63) is 102 Å². The highest BCUT2D eigenvalue weighted by Crippen LogP contribution is 2.40. The minimum Gasteiger partial charge on any atom is -0.507 e. The Morgan fingerprint density at radius 1 is 0.857 bits per heavy atom. The number of aromatic hydroxyl groups is 2. The zero-order chi connectivity index (χ0) is 35.2. The molecule has 1 aromatic heterocycles. The molecule has 1 atom stereocenters. The van der Waals surface area contributed by atoms with Crippen LogP contribution in [-0.4, -0.2) is 45.2 Å². The van der Waals surface area contributed by atoms with Gasteiger partial charge in [-0.05, 0) is 117 Å². The molecule has 0 aliphatic carbocycles. The molecule has 0 saturated heterocycles. The summed E-state index contributed by atoms with van der Waals surface area (Å²) in [4.78, 5) is 15.6. The second-order valence-corrected chi connectivity index (χ2v) is 13.7. The molecule has 4 N–H and O–H groups in total. The summed E-state index contributed by atoms with van der Waals surface area (Å²) in [6.45, 7) is 18.0. The smallest absolute Gasteiger partial charge is 0.255 e. The Bertz CT molecular complexity index is 1870. The van der Waals surface area contributed by atoms with Crippen molar-refractivity contribution in [2.45, 2.75) is 60.9 Å². The summed E-state index contributed by atoms with van der Waals surface area (Å²) in [5.74, 6) is -0.0321. The monoisotopic (exact) mass is 664 g/mol. The van der Waals surface area contributed by atoms with Gasteiger partial charge >= 0.3 is 0 Å². The lowest BCUT2D eigenvalue weighted by Gasteiger charge is -2.27. The number of halogens is 1. The fraction of sp³-hybridized carbons (Fsp3) is 0.341. The summed E-state index contributed by atoms with van der Waals surface area (Å²) in [7, 11) is 0. The van der Waals surface area contributed by atoms with Crippen LogP contribution in [-0.2, 0) is 6.54 Å². The molecular weight excluding hydrogens is 615 g/mol. The van der Waals surface area contributed by atoms with Crippen LogP contribution in [0.15, 0.2) is 78.9 Å². The number of rotatable bonds is 14. The number of phenols is 2. The Balaban J connectivity index is 1.24. The van der Waals surface area contributed by atoms with Crippen molar-refractivity contribution in [1.29, 1.82) is 0 Å². The number of hydrogen-bond acceptors (Lipinski definition) is 5. The summed E-state index contributed by atoms with van der Waals surface area (Å²) in [5.41, 5.74) is 6.90. The maximum absolute atomic E-state index is 13.3. The molecular formula is C41H49FN4O3. The van der Waals surface area contributed by atoms with Crippen molar-refractivity contribution in [3.8, 4) is 22.6 Å². The van der Waals surface area contributed by atoms with Crippen molar-refractivity contribution in [2.24, 2.45) is 11.8 Å². The highest BCUT2D eigenvalue weighted by Gasteiger charge is 2.17. The molecule has 0 aliphatic heterocycles. The lowest BCUT2D eigenvalue weighted by atomic mass is 10.0. The first-order chi connectivity index (χ1) is 23.4. The molecule has 5 aromatic rings. The normalized spacial score (nSPS) is 12.2. The van der Waals surface area contributed by atoms with Crippen molar-refractivity contribution >= 4 is 33.9 Å². The Kier molecular flexibility index (Phi) is 11.3. The Morgan fingerprint density at radius 3 is 2.14 bits per heavy atom. The molecule has 1 unspecified atom stereocenters. The lowest BCUT2D eigenvalue weighted by molar-refractivity contribution is 0.102. The number of benzene rings is 4. The summed E-state index contributed by atoms with van der Waals surface area (Å²) >= 11 is 0. The van der Waals surface area contributed by atoms with Crippen molar-refractivity contribution < 1.29 is 19.4 Å². The van der Waals surface area contributed by atoms with E-state index in [1.54, 1.807) is 12.1 Å². The van der Waals surface area contributed by atoms with Crippen LogP contribution in [0.4, 0.5) is 21.5 Å². The van der Waals surface area contributed by atoms with Gasteiger partial charge in [0.1, 0.15) is 17.3 Å². The van der Waals surface area contributed by atoms with E-state index in [4.69, 9.17) is 0 Å². The Hall–Kier alpha value is -4.82. The number of nitrogens with one attached hydrogen (secondary N) is 2. The van der Waals surface area contributed by atoms with E-state index in [9.17, 15) is 19.4 Å². The van der Waals surface area contributed by atoms with Gasteiger partial charge in [-0.3, -0.25) is 4.79 Å². The second kappa shape index (κ2) is 15.6. The van der Waals surface area contributed by atoms with Crippen LogP contribution in [0.3, 0.4) is 0 Å². The highest BCUT2D eigenvalue weighted by molar-refractivity contribution is 6.05. The van der Waals surface area contributed by atoms with E-state index in [-0.39, 0.29) is 28.7 Å². The quantitative estimate of drug-likeness (QED) is 0.0949. The highest BCUT2D eigenvalue weighted by atomic mass is 19.1. The number of amides is 1. The van der Waals surface area contributed by atoms with E-state index in [0.29, 0.717) is 23.0 Å². The van der Waals surface area contributed by atoms with Crippen LogP contribution in [0.25, 0.3) is 22.0 Å². The maximum Gasteiger partial charge on any atom is 0.255 e. The number of carbonyl (C=O) groups is 1. The minimum absolute atomic E-state index is 0.161. The first-order valence-electron chi connectivity index (χ1n) is 17.3. The third-order valence-electron chi connectivity index (χ3n) is 9.19. The molecule has 0 radical (unpaired) electrons. The van der Waals surface area contributed by atoms with Gasteiger partial charge in [-0.1, -0.05) is 39.8 Å². The van der Waals surface area contributed by atoms with Gasteiger partial charge in [-0.25, -0.2) is 4.39 Å². The van der Waals surface area contributed by atoms with Gasteiger partial charge in [-0.2, -0.15) is 0 Å². The van der Waals surface area contributed by atoms with E-state index in [2.05, 4.69) is 79.8 Å². The summed E-state index contributed by atoms with van der Waals surface area (Å²) in [5, 5.41) is 28.5. The molecule has 7 nitrogen and oxygen atoms in total. The SMILES string of the molecule is CCCN(CCC(C)C)CC(C)Cn1c(C)c(C)c2cc(Nc3ccc(C(=O)Nc4cc(O)c(-c5ccc(F)cc5)c(O)c4)cc3)ccc21. The van der Waals surface area contributed by atoms with E-state index >= 15 is 0 Å². The van der Waals surface area contributed by atoms with E-state index in [1.165, 1.54) is 71.4 Å². The zero-order valence-corrected chi connectivity index (χ0v) is 29.5. The van der Waals surface area contributed by atoms with Crippen LogP contribution < -0.4 is 10.6 Å². The molecule has 258 valence electrons. The number of hydrogen-bond donors (Lipinski definition) is 4. The number of nitrogens with zero attached hydrogens (tertiary/aromatic N) is 2. The fourth-order valence-electron chi connectivity index (χ4n) is 6.50. The largest absolute Gasteiger partial charge is 0.507 e. The maximum atomic E-state index is 13.3. The van der Waals surface area contributed by atoms with Crippen LogP contribution in [0, 0.1) is 31.5 Å². The number of phenolic OH excluding ortho intramolecular Hbond substituents is 2. The minimum atomic E-state index is -0.420. The van der Waals surface area contributed by atoms with Gasteiger partial charge in [0.05, 0.1) is 5.56 Å². The second-order valence-electron chi connectivity index (χ2n) is 13.7. The average molecular weight is 665 g/mol. The summed E-state index contributed by atoms with van der Waals surface area (Å²) in [6, 6.07) is 21.8.